The minimum atomic E-state index is 0.0789. The molecule has 0 unspecified atom stereocenters. The van der Waals surface area contributed by atoms with Crippen molar-refractivity contribution >= 4 is 11.6 Å². The highest BCUT2D eigenvalue weighted by molar-refractivity contribution is 5.93. The molecule has 2 aromatic carbocycles. The third-order valence-corrected chi connectivity index (χ3v) is 5.71. The topological polar surface area (TPSA) is 76.9 Å². The van der Waals surface area contributed by atoms with Crippen molar-refractivity contribution in [3.8, 4) is 11.5 Å². The fraction of sp³-hybridized carbons (Fsp3) is 0.348. The Morgan fingerprint density at radius 3 is 2.30 bits per heavy atom. The van der Waals surface area contributed by atoms with Gasteiger partial charge in [0.05, 0.1) is 0 Å². The number of benzene rings is 2. The predicted octanol–water partition coefficient (Wildman–Crippen LogP) is 0.276. The van der Waals surface area contributed by atoms with E-state index in [1.807, 2.05) is 62.4 Å². The van der Waals surface area contributed by atoms with Crippen LogP contribution in [0.25, 0.3) is 11.5 Å². The van der Waals surface area contributed by atoms with E-state index < -0.39 is 0 Å². The molecule has 3 aromatic rings. The molecule has 2 heterocycles. The van der Waals surface area contributed by atoms with E-state index in [-0.39, 0.29) is 5.91 Å². The van der Waals surface area contributed by atoms with Gasteiger partial charge in [-0.15, -0.1) is 10.2 Å². The van der Waals surface area contributed by atoms with Crippen LogP contribution in [0.5, 0.6) is 0 Å². The summed E-state index contributed by atoms with van der Waals surface area (Å²) < 4.78 is 5.84. The van der Waals surface area contributed by atoms with Gasteiger partial charge in [-0.1, -0.05) is 36.4 Å². The third-order valence-electron chi connectivity index (χ3n) is 5.71. The monoisotopic (exact) mass is 407 g/mol. The van der Waals surface area contributed by atoms with Crippen LogP contribution in [0, 0.1) is 13.8 Å². The number of aryl methyl sites for hydroxylation is 2. The van der Waals surface area contributed by atoms with Crippen LogP contribution < -0.4 is 15.1 Å². The molecule has 7 heteroatoms. The highest BCUT2D eigenvalue weighted by atomic mass is 16.4. The van der Waals surface area contributed by atoms with Crippen LogP contribution >= 0.6 is 0 Å². The van der Waals surface area contributed by atoms with Gasteiger partial charge in [0.2, 0.25) is 5.89 Å². The summed E-state index contributed by atoms with van der Waals surface area (Å²) in [5, 5.41) is 11.5. The number of nitrogens with one attached hydrogen (secondary N) is 3. The zero-order chi connectivity index (χ0) is 20.9. The Kier molecular flexibility index (Phi) is 6.21. The molecule has 0 radical (unpaired) electrons. The van der Waals surface area contributed by atoms with E-state index in [0.717, 1.165) is 55.1 Å². The largest absolute Gasteiger partial charge is 0.415 e. The second kappa shape index (κ2) is 9.19. The first kappa shape index (κ1) is 20.3. The number of para-hydroxylation sites is 1. The molecule has 0 atom stereocenters. The van der Waals surface area contributed by atoms with Crippen LogP contribution in [0.3, 0.4) is 0 Å². The lowest BCUT2D eigenvalue weighted by atomic mass is 10.1. The minimum absolute atomic E-state index is 0.0789. The van der Waals surface area contributed by atoms with Crippen molar-refractivity contribution in [1.29, 1.82) is 0 Å². The second-order valence-corrected chi connectivity index (χ2v) is 8.04. The number of hydrogen-bond donors (Lipinski definition) is 3. The van der Waals surface area contributed by atoms with Gasteiger partial charge in [0, 0.05) is 11.3 Å². The second-order valence-electron chi connectivity index (χ2n) is 8.04. The van der Waals surface area contributed by atoms with Crippen LogP contribution in [0.4, 0.5) is 5.69 Å². The standard InChI is InChI=1S/C23H27N5O2/c1-17-7-6-8-18(2)22(17)24-20(29)15-27-11-13-28(14-12-27)16-21-25-26-23(30-21)19-9-4-3-5-10-19/h3-10H,11-16H2,1-2H3,(H,24,29)/p+2. The fourth-order valence-electron chi connectivity index (χ4n) is 3.97. The SMILES string of the molecule is Cc1cccc(C)c1NC(=O)C[NH+]1CC[NH+](Cc2nnc(-c3ccccc3)o2)CC1. The molecule has 156 valence electrons. The first-order valence-electron chi connectivity index (χ1n) is 10.5. The van der Waals surface area contributed by atoms with Gasteiger partial charge in [0.15, 0.2) is 13.1 Å². The Balaban J connectivity index is 1.25. The van der Waals surface area contributed by atoms with Gasteiger partial charge in [-0.05, 0) is 37.1 Å². The van der Waals surface area contributed by atoms with Crippen LogP contribution in [0.1, 0.15) is 17.0 Å². The van der Waals surface area contributed by atoms with Crippen LogP contribution in [0.15, 0.2) is 52.9 Å². The third kappa shape index (κ3) is 4.93. The maximum atomic E-state index is 12.5. The number of piperazine rings is 1. The number of carbonyl (C=O) groups is 1. The van der Waals surface area contributed by atoms with Gasteiger partial charge in [-0.3, -0.25) is 4.79 Å². The summed E-state index contributed by atoms with van der Waals surface area (Å²) in [6, 6.07) is 15.9. The average molecular weight is 408 g/mol. The number of amides is 1. The van der Waals surface area contributed by atoms with E-state index in [1.54, 1.807) is 0 Å². The van der Waals surface area contributed by atoms with Crippen molar-refractivity contribution in [2.24, 2.45) is 0 Å². The van der Waals surface area contributed by atoms with E-state index in [4.69, 9.17) is 4.42 Å². The van der Waals surface area contributed by atoms with Gasteiger partial charge in [-0.25, -0.2) is 0 Å². The Bertz CT molecular complexity index is 974. The maximum Gasteiger partial charge on any atom is 0.279 e. The summed E-state index contributed by atoms with van der Waals surface area (Å²) in [6.07, 6.45) is 0. The summed E-state index contributed by atoms with van der Waals surface area (Å²) >= 11 is 0. The fourth-order valence-corrected chi connectivity index (χ4v) is 3.97. The van der Waals surface area contributed by atoms with Gasteiger partial charge in [0.25, 0.3) is 11.8 Å². The molecule has 0 spiro atoms. The molecule has 1 aliphatic heterocycles. The Morgan fingerprint density at radius 2 is 1.60 bits per heavy atom. The highest BCUT2D eigenvalue weighted by Crippen LogP contribution is 2.19. The number of aromatic nitrogens is 2. The number of carbonyl (C=O) groups excluding carboxylic acids is 1. The van der Waals surface area contributed by atoms with E-state index in [9.17, 15) is 4.79 Å². The Hall–Kier alpha value is -3.03. The molecule has 30 heavy (non-hydrogen) atoms. The number of hydrogen-bond acceptors (Lipinski definition) is 4. The van der Waals surface area contributed by atoms with Crippen LogP contribution in [-0.4, -0.2) is 48.8 Å². The zero-order valence-electron chi connectivity index (χ0n) is 17.6. The molecular formula is C23H29N5O2+2. The van der Waals surface area contributed by atoms with Gasteiger partial charge >= 0.3 is 0 Å². The number of anilines is 1. The summed E-state index contributed by atoms with van der Waals surface area (Å²) in [5.74, 6) is 1.31. The smallest absolute Gasteiger partial charge is 0.279 e. The van der Waals surface area contributed by atoms with Crippen molar-refractivity contribution in [3.05, 3.63) is 65.5 Å². The molecule has 1 amide bonds. The molecule has 4 rings (SSSR count). The van der Waals surface area contributed by atoms with Crippen LogP contribution in [-0.2, 0) is 11.3 Å². The van der Waals surface area contributed by atoms with Gasteiger partial charge in [-0.2, -0.15) is 0 Å². The highest BCUT2D eigenvalue weighted by Gasteiger charge is 2.26. The maximum absolute atomic E-state index is 12.5. The molecule has 7 nitrogen and oxygen atoms in total. The van der Waals surface area contributed by atoms with Gasteiger partial charge in [0.1, 0.15) is 26.2 Å². The average Bonchev–Trinajstić information content (AvgIpc) is 3.21. The molecule has 3 N–H and O–H groups in total. The lowest BCUT2D eigenvalue weighted by molar-refractivity contribution is -1.02. The summed E-state index contributed by atoms with van der Waals surface area (Å²) in [6.45, 7) is 9.15. The molecule has 1 fully saturated rings. The lowest BCUT2D eigenvalue weighted by Crippen LogP contribution is -3.28. The van der Waals surface area contributed by atoms with E-state index in [2.05, 4.69) is 15.5 Å². The van der Waals surface area contributed by atoms with Gasteiger partial charge < -0.3 is 19.5 Å². The van der Waals surface area contributed by atoms with Crippen LogP contribution in [0.2, 0.25) is 0 Å². The number of rotatable bonds is 6. The normalized spacial score (nSPS) is 18.9. The molecule has 1 saturated heterocycles. The molecule has 0 aliphatic carbocycles. The number of quaternary nitrogens is 2. The molecule has 1 aromatic heterocycles. The molecule has 1 aliphatic rings. The summed E-state index contributed by atoms with van der Waals surface area (Å²) in [5.41, 5.74) is 4.08. The zero-order valence-corrected chi connectivity index (χ0v) is 17.6. The quantitative estimate of drug-likeness (QED) is 0.549. The molecule has 0 saturated carbocycles. The van der Waals surface area contributed by atoms with E-state index >= 15 is 0 Å². The number of nitrogens with zero attached hydrogens (tertiary/aromatic N) is 2. The van der Waals surface area contributed by atoms with Crippen molar-refractivity contribution in [3.63, 3.8) is 0 Å². The van der Waals surface area contributed by atoms with E-state index in [0.29, 0.717) is 18.3 Å². The van der Waals surface area contributed by atoms with Crippen molar-refractivity contribution in [2.45, 2.75) is 20.4 Å². The van der Waals surface area contributed by atoms with Crippen molar-refractivity contribution in [2.75, 3.05) is 38.0 Å². The summed E-state index contributed by atoms with van der Waals surface area (Å²) in [4.78, 5) is 15.3. The first-order chi connectivity index (χ1) is 14.6. The minimum Gasteiger partial charge on any atom is -0.415 e. The first-order valence-corrected chi connectivity index (χ1v) is 10.5. The molecular weight excluding hydrogens is 378 g/mol. The predicted molar refractivity (Wildman–Crippen MR) is 114 cm³/mol. The van der Waals surface area contributed by atoms with Crippen molar-refractivity contribution in [1.82, 2.24) is 10.2 Å². The molecule has 0 bridgehead atoms. The summed E-state index contributed by atoms with van der Waals surface area (Å²) in [7, 11) is 0. The Morgan fingerprint density at radius 1 is 0.933 bits per heavy atom. The van der Waals surface area contributed by atoms with Crippen molar-refractivity contribution < 1.29 is 19.0 Å². The Labute approximate surface area is 176 Å². The lowest BCUT2D eigenvalue weighted by Gasteiger charge is -2.28. The van der Waals surface area contributed by atoms with E-state index in [1.165, 1.54) is 9.80 Å².